The summed E-state index contributed by atoms with van der Waals surface area (Å²) in [6, 6.07) is 12.4. The summed E-state index contributed by atoms with van der Waals surface area (Å²) in [6.45, 7) is 5.49. The van der Waals surface area contributed by atoms with Gasteiger partial charge in [-0.05, 0) is 43.3 Å². The van der Waals surface area contributed by atoms with Crippen LogP contribution in [-0.2, 0) is 4.74 Å². The van der Waals surface area contributed by atoms with Crippen LogP contribution < -0.4 is 10.2 Å². The Kier molecular flexibility index (Phi) is 4.35. The average molecular weight is 335 g/mol. The van der Waals surface area contributed by atoms with E-state index in [4.69, 9.17) is 4.74 Å². The van der Waals surface area contributed by atoms with Crippen LogP contribution in [0.25, 0.3) is 11.3 Å². The maximum absolute atomic E-state index is 5.40. The lowest BCUT2D eigenvalue weighted by atomic mass is 10.1. The minimum atomic E-state index is 0.795. The van der Waals surface area contributed by atoms with E-state index in [9.17, 15) is 0 Å². The minimum absolute atomic E-state index is 0.795. The Morgan fingerprint density at radius 3 is 2.60 bits per heavy atom. The number of aromatic nitrogens is 3. The molecule has 6 nitrogen and oxygen atoms in total. The Labute approximate surface area is 146 Å². The first-order valence-electron chi connectivity index (χ1n) is 8.46. The third-order valence-electron chi connectivity index (χ3n) is 4.38. The molecule has 128 valence electrons. The molecule has 1 saturated heterocycles. The minimum Gasteiger partial charge on any atom is -0.378 e. The van der Waals surface area contributed by atoms with E-state index < -0.39 is 0 Å². The number of nitrogens with zero attached hydrogens (tertiary/aromatic N) is 3. The smallest absolute Gasteiger partial charge is 0.130 e. The number of hydrogen-bond donors (Lipinski definition) is 2. The van der Waals surface area contributed by atoms with E-state index in [-0.39, 0.29) is 0 Å². The standard InChI is InChI=1S/C19H21N5O/c1-14-19(22-13-21-14)15-6-7-20-18(12-15)23-16-2-4-17(5-3-16)24-8-10-25-11-9-24/h2-7,12-13H,8-11H2,1H3,(H,20,23)(H,21,22). The largest absolute Gasteiger partial charge is 0.378 e. The number of nitrogens with one attached hydrogen (secondary N) is 2. The highest BCUT2D eigenvalue weighted by molar-refractivity contribution is 5.68. The van der Waals surface area contributed by atoms with E-state index in [1.54, 1.807) is 12.5 Å². The van der Waals surface area contributed by atoms with Crippen molar-refractivity contribution in [2.45, 2.75) is 6.92 Å². The van der Waals surface area contributed by atoms with Gasteiger partial charge in [-0.15, -0.1) is 0 Å². The van der Waals surface area contributed by atoms with Gasteiger partial charge in [0.1, 0.15) is 5.82 Å². The van der Waals surface area contributed by atoms with Crippen LogP contribution in [0.3, 0.4) is 0 Å². The lowest BCUT2D eigenvalue weighted by molar-refractivity contribution is 0.122. The SMILES string of the molecule is Cc1[nH]cnc1-c1ccnc(Nc2ccc(N3CCOCC3)cc2)c1. The fourth-order valence-corrected chi connectivity index (χ4v) is 3.02. The zero-order valence-electron chi connectivity index (χ0n) is 14.2. The van der Waals surface area contributed by atoms with E-state index in [0.29, 0.717) is 0 Å². The Morgan fingerprint density at radius 1 is 1.08 bits per heavy atom. The molecule has 0 atom stereocenters. The quantitative estimate of drug-likeness (QED) is 0.765. The van der Waals surface area contributed by atoms with E-state index in [2.05, 4.69) is 49.4 Å². The summed E-state index contributed by atoms with van der Waals surface area (Å²) in [7, 11) is 0. The molecule has 0 unspecified atom stereocenters. The van der Waals surface area contributed by atoms with Crippen molar-refractivity contribution in [2.75, 3.05) is 36.5 Å². The molecule has 2 N–H and O–H groups in total. The third kappa shape index (κ3) is 3.49. The molecule has 6 heteroatoms. The summed E-state index contributed by atoms with van der Waals surface area (Å²) in [6.07, 6.45) is 3.51. The molecule has 0 radical (unpaired) electrons. The molecule has 25 heavy (non-hydrogen) atoms. The number of ether oxygens (including phenoxy) is 1. The molecule has 0 bridgehead atoms. The number of pyridine rings is 1. The predicted octanol–water partition coefficient (Wildman–Crippen LogP) is 3.36. The summed E-state index contributed by atoms with van der Waals surface area (Å²) >= 11 is 0. The van der Waals surface area contributed by atoms with Crippen molar-refractivity contribution in [1.29, 1.82) is 0 Å². The maximum Gasteiger partial charge on any atom is 0.130 e. The summed E-state index contributed by atoms with van der Waals surface area (Å²) in [5, 5.41) is 3.36. The number of morpholine rings is 1. The van der Waals surface area contributed by atoms with Crippen LogP contribution in [0.4, 0.5) is 17.2 Å². The van der Waals surface area contributed by atoms with Gasteiger partial charge >= 0.3 is 0 Å². The number of H-pyrrole nitrogens is 1. The van der Waals surface area contributed by atoms with Crippen LogP contribution in [0.1, 0.15) is 5.69 Å². The van der Waals surface area contributed by atoms with Crippen molar-refractivity contribution in [2.24, 2.45) is 0 Å². The van der Waals surface area contributed by atoms with Crippen LogP contribution in [0.15, 0.2) is 48.9 Å². The summed E-state index contributed by atoms with van der Waals surface area (Å²) < 4.78 is 5.40. The van der Waals surface area contributed by atoms with Crippen LogP contribution in [-0.4, -0.2) is 41.3 Å². The number of anilines is 3. The molecule has 0 spiro atoms. The normalized spacial score (nSPS) is 14.5. The number of aromatic amines is 1. The van der Waals surface area contributed by atoms with E-state index in [0.717, 1.165) is 54.8 Å². The second kappa shape index (κ2) is 6.94. The third-order valence-corrected chi connectivity index (χ3v) is 4.38. The first-order valence-corrected chi connectivity index (χ1v) is 8.46. The molecule has 1 fully saturated rings. The monoisotopic (exact) mass is 335 g/mol. The van der Waals surface area contributed by atoms with E-state index in [1.807, 2.05) is 19.1 Å². The molecule has 2 aromatic heterocycles. The van der Waals surface area contributed by atoms with Gasteiger partial charge in [0.2, 0.25) is 0 Å². The van der Waals surface area contributed by atoms with E-state index >= 15 is 0 Å². The van der Waals surface area contributed by atoms with Crippen molar-refractivity contribution in [1.82, 2.24) is 15.0 Å². The summed E-state index contributed by atoms with van der Waals surface area (Å²) in [5.41, 5.74) is 5.28. The van der Waals surface area contributed by atoms with Crippen LogP contribution >= 0.6 is 0 Å². The number of imidazole rings is 1. The molecular weight excluding hydrogens is 314 g/mol. The second-order valence-electron chi connectivity index (χ2n) is 6.08. The topological polar surface area (TPSA) is 66.1 Å². The molecule has 3 heterocycles. The van der Waals surface area contributed by atoms with Gasteiger partial charge in [-0.3, -0.25) is 0 Å². The van der Waals surface area contributed by atoms with Crippen molar-refractivity contribution in [3.05, 3.63) is 54.6 Å². The van der Waals surface area contributed by atoms with Crippen LogP contribution in [0.5, 0.6) is 0 Å². The van der Waals surface area contributed by atoms with Crippen LogP contribution in [0, 0.1) is 6.92 Å². The first kappa shape index (κ1) is 15.7. The van der Waals surface area contributed by atoms with Crippen molar-refractivity contribution < 1.29 is 4.74 Å². The van der Waals surface area contributed by atoms with Crippen molar-refractivity contribution in [3.8, 4) is 11.3 Å². The summed E-state index contributed by atoms with van der Waals surface area (Å²) in [4.78, 5) is 14.2. The maximum atomic E-state index is 5.40. The van der Waals surface area contributed by atoms with Gasteiger partial charge in [0.05, 0.1) is 25.2 Å². The van der Waals surface area contributed by atoms with Gasteiger partial charge in [-0.1, -0.05) is 0 Å². The van der Waals surface area contributed by atoms with Crippen molar-refractivity contribution in [3.63, 3.8) is 0 Å². The number of aryl methyl sites for hydroxylation is 1. The zero-order chi connectivity index (χ0) is 17.1. The Morgan fingerprint density at radius 2 is 1.88 bits per heavy atom. The Balaban J connectivity index is 1.49. The molecule has 4 rings (SSSR count). The molecule has 1 aliphatic heterocycles. The molecular formula is C19H21N5O. The molecule has 0 aliphatic carbocycles. The number of benzene rings is 1. The molecule has 1 aromatic carbocycles. The van der Waals surface area contributed by atoms with Crippen molar-refractivity contribution >= 4 is 17.2 Å². The molecule has 1 aliphatic rings. The highest BCUT2D eigenvalue weighted by atomic mass is 16.5. The zero-order valence-corrected chi connectivity index (χ0v) is 14.2. The number of hydrogen-bond acceptors (Lipinski definition) is 5. The fourth-order valence-electron chi connectivity index (χ4n) is 3.02. The highest BCUT2D eigenvalue weighted by Crippen LogP contribution is 2.25. The average Bonchev–Trinajstić information content (AvgIpc) is 3.09. The number of rotatable bonds is 4. The fraction of sp³-hybridized carbons (Fsp3) is 0.263. The van der Waals surface area contributed by atoms with Gasteiger partial charge in [-0.25, -0.2) is 9.97 Å². The second-order valence-corrected chi connectivity index (χ2v) is 6.08. The molecule has 0 amide bonds. The predicted molar refractivity (Wildman–Crippen MR) is 99.3 cm³/mol. The highest BCUT2D eigenvalue weighted by Gasteiger charge is 2.11. The summed E-state index contributed by atoms with van der Waals surface area (Å²) in [5.74, 6) is 0.805. The van der Waals surface area contributed by atoms with E-state index in [1.165, 1.54) is 5.69 Å². The van der Waals surface area contributed by atoms with Gasteiger partial charge < -0.3 is 19.9 Å². The Hall–Kier alpha value is -2.86. The molecule has 3 aromatic rings. The van der Waals surface area contributed by atoms with Gasteiger partial charge in [-0.2, -0.15) is 0 Å². The first-order chi connectivity index (χ1) is 12.3. The molecule has 0 saturated carbocycles. The Bertz CT molecular complexity index is 837. The van der Waals surface area contributed by atoms with Gasteiger partial charge in [0.15, 0.2) is 0 Å². The van der Waals surface area contributed by atoms with Gasteiger partial charge in [0, 0.05) is 41.9 Å². The van der Waals surface area contributed by atoms with Crippen LogP contribution in [0.2, 0.25) is 0 Å². The van der Waals surface area contributed by atoms with Gasteiger partial charge in [0.25, 0.3) is 0 Å². The lowest BCUT2D eigenvalue weighted by Crippen LogP contribution is -2.36. The lowest BCUT2D eigenvalue weighted by Gasteiger charge is -2.28.